The Hall–Kier alpha value is -6.30. The minimum atomic E-state index is -1.55. The summed E-state index contributed by atoms with van der Waals surface area (Å²) in [6.07, 6.45) is 7.30. The molecule has 0 fully saturated rings. The van der Waals surface area contributed by atoms with Crippen LogP contribution in [0.1, 0.15) is 87.6 Å². The summed E-state index contributed by atoms with van der Waals surface area (Å²) in [6.45, 7) is 20.2. The zero-order valence-corrected chi connectivity index (χ0v) is 42.3. The Morgan fingerprint density at radius 1 is 0.794 bits per heavy atom. The van der Waals surface area contributed by atoms with Gasteiger partial charge in [-0.25, -0.2) is 19.2 Å². The Morgan fingerprint density at radius 2 is 1.40 bits per heavy atom. The van der Waals surface area contributed by atoms with Crippen molar-refractivity contribution in [2.24, 2.45) is 23.7 Å². The van der Waals surface area contributed by atoms with Crippen molar-refractivity contribution >= 4 is 47.6 Å². The number of benzene rings is 1. The van der Waals surface area contributed by atoms with Gasteiger partial charge in [-0.2, -0.15) is 0 Å². The maximum atomic E-state index is 13.9. The van der Waals surface area contributed by atoms with E-state index in [1.54, 1.807) is 60.8 Å². The van der Waals surface area contributed by atoms with E-state index in [9.17, 15) is 38.4 Å². The van der Waals surface area contributed by atoms with Crippen LogP contribution in [-0.2, 0) is 63.7 Å². The second kappa shape index (κ2) is 29.5. The zero-order chi connectivity index (χ0) is 51.9. The fourth-order valence-electron chi connectivity index (χ4n) is 6.75. The Morgan fingerprint density at radius 3 is 1.93 bits per heavy atom. The van der Waals surface area contributed by atoms with Crippen LogP contribution in [0.15, 0.2) is 78.6 Å². The van der Waals surface area contributed by atoms with Crippen molar-refractivity contribution < 1.29 is 62.0 Å². The number of carbonyl (C=O) groups is 8. The van der Waals surface area contributed by atoms with Crippen molar-refractivity contribution in [1.29, 1.82) is 0 Å². The number of allylic oxidation sites excluding steroid dienone is 3. The Kier molecular flexibility index (Phi) is 25.9. The highest BCUT2D eigenvalue weighted by Crippen LogP contribution is 2.19. The number of nitrogens with one attached hydrogen (secondary N) is 4. The lowest BCUT2D eigenvalue weighted by molar-refractivity contribution is -0.151. The molecule has 0 heterocycles. The molecule has 0 aliphatic heterocycles. The Balaban J connectivity index is 3.26. The molecular formula is C50H75N5O13. The Labute approximate surface area is 402 Å². The fraction of sp³-hybridized carbons (Fsp3) is 0.560. The second-order valence-corrected chi connectivity index (χ2v) is 17.7. The highest BCUT2D eigenvalue weighted by molar-refractivity contribution is 6.00. The van der Waals surface area contributed by atoms with Gasteiger partial charge in [-0.15, -0.1) is 0 Å². The van der Waals surface area contributed by atoms with Crippen LogP contribution >= 0.6 is 0 Å². The van der Waals surface area contributed by atoms with Crippen LogP contribution in [0.5, 0.6) is 0 Å². The first-order chi connectivity index (χ1) is 31.8. The highest BCUT2D eigenvalue weighted by atomic mass is 16.6. The summed E-state index contributed by atoms with van der Waals surface area (Å²) in [6, 6.07) is 5.09. The van der Waals surface area contributed by atoms with Crippen molar-refractivity contribution in [2.75, 3.05) is 35.0 Å². The summed E-state index contributed by atoms with van der Waals surface area (Å²) in [7, 11) is 5.15. The molecule has 8 atom stereocenters. The number of esters is 3. The number of hydrogen-bond acceptors (Lipinski definition) is 13. The topological polar surface area (TPSA) is 234 Å². The first-order valence-corrected chi connectivity index (χ1v) is 22.6. The molecule has 1 aromatic carbocycles. The highest BCUT2D eigenvalue weighted by Gasteiger charge is 2.37. The van der Waals surface area contributed by atoms with E-state index >= 15 is 0 Å². The standard InChI is InChI=1S/C50H75N5O13/c1-16-27-67-48(62)41(30(3)4)53-44(58)34(8)42(47(61)66-15)54-45(59)38(17-2)55(12)40(56)26-25-37(46(60)65-14)51-43(57)33(7)36(52-49(63)68-50(9,10)11)24-23-31(5)28-32(6)39(64-13)29-35-21-19-18-20-22-35/h16-24,28,30,32-34,36-37,39,41-42H,1,25-27,29H2,2-15H3,(H,51,57)(H,52,63)(H,53,58)(H,54,59)/b24-23+,31-28+,38-17-/t32-,33-,34-,36-,37+,39-,41-,42+/m0/s1. The monoisotopic (exact) mass is 954 g/mol. The van der Waals surface area contributed by atoms with Crippen LogP contribution in [0.2, 0.25) is 0 Å². The average Bonchev–Trinajstić information content (AvgIpc) is 3.29. The van der Waals surface area contributed by atoms with Gasteiger partial charge in [-0.3, -0.25) is 19.2 Å². The molecule has 1 rings (SSSR count). The number of nitrogens with zero attached hydrogens (tertiary/aromatic N) is 1. The van der Waals surface area contributed by atoms with Gasteiger partial charge in [0.1, 0.15) is 36.0 Å². The third-order valence-electron chi connectivity index (χ3n) is 10.8. The molecule has 0 aliphatic carbocycles. The molecule has 378 valence electrons. The molecular weight excluding hydrogens is 879 g/mol. The van der Waals surface area contributed by atoms with Crippen LogP contribution in [0.4, 0.5) is 4.79 Å². The van der Waals surface area contributed by atoms with E-state index in [0.717, 1.165) is 30.3 Å². The van der Waals surface area contributed by atoms with Crippen LogP contribution in [0.3, 0.4) is 0 Å². The molecule has 0 saturated carbocycles. The van der Waals surface area contributed by atoms with E-state index in [1.165, 1.54) is 33.0 Å². The molecule has 0 bridgehead atoms. The number of rotatable bonds is 26. The molecule has 0 saturated heterocycles. The predicted molar refractivity (Wildman–Crippen MR) is 256 cm³/mol. The summed E-state index contributed by atoms with van der Waals surface area (Å²) in [5.74, 6) is -8.18. The lowest BCUT2D eigenvalue weighted by Gasteiger charge is -2.28. The number of amides is 5. The van der Waals surface area contributed by atoms with Gasteiger partial charge in [0.05, 0.1) is 38.2 Å². The first kappa shape index (κ1) is 59.7. The van der Waals surface area contributed by atoms with Gasteiger partial charge in [0.25, 0.3) is 5.91 Å². The largest absolute Gasteiger partial charge is 0.467 e. The van der Waals surface area contributed by atoms with Gasteiger partial charge >= 0.3 is 24.0 Å². The minimum absolute atomic E-state index is 0.00650. The summed E-state index contributed by atoms with van der Waals surface area (Å²) in [4.78, 5) is 107. The van der Waals surface area contributed by atoms with Gasteiger partial charge in [0.15, 0.2) is 0 Å². The van der Waals surface area contributed by atoms with Crippen LogP contribution in [0.25, 0.3) is 0 Å². The maximum absolute atomic E-state index is 13.9. The summed E-state index contributed by atoms with van der Waals surface area (Å²) in [5.41, 5.74) is 0.905. The maximum Gasteiger partial charge on any atom is 0.408 e. The molecule has 18 nitrogen and oxygen atoms in total. The average molecular weight is 954 g/mol. The molecule has 0 unspecified atom stereocenters. The summed E-state index contributed by atoms with van der Waals surface area (Å²) in [5, 5.41) is 10.4. The molecule has 0 spiro atoms. The lowest BCUT2D eigenvalue weighted by atomic mass is 9.94. The van der Waals surface area contributed by atoms with E-state index in [0.29, 0.717) is 6.42 Å². The summed E-state index contributed by atoms with van der Waals surface area (Å²) >= 11 is 0. The zero-order valence-electron chi connectivity index (χ0n) is 42.3. The SMILES string of the molecule is C=CCOC(=O)[C@@H](NC(=O)[C@@H](C)[C@@H](NC(=O)/C(=C/C)N(C)C(=O)CC[C@@H](NC(=O)[C@@H](C)[C@H](/C=C/C(C)=C/[C@H](C)[C@H](Cc1ccccc1)OC)NC(=O)OC(C)(C)C)C(=O)OC)C(=O)OC)C(C)C. The Bertz CT molecular complexity index is 1970. The van der Waals surface area contributed by atoms with Gasteiger partial charge in [-0.05, 0) is 58.9 Å². The number of carbonyl (C=O) groups excluding carboxylic acids is 8. The molecule has 68 heavy (non-hydrogen) atoms. The minimum Gasteiger partial charge on any atom is -0.467 e. The predicted octanol–water partition coefficient (Wildman–Crippen LogP) is 4.88. The van der Waals surface area contributed by atoms with E-state index in [-0.39, 0.29) is 37.2 Å². The van der Waals surface area contributed by atoms with Gasteiger partial charge in [0, 0.05) is 26.5 Å². The number of hydrogen-bond donors (Lipinski definition) is 4. The molecule has 18 heteroatoms. The normalized spacial score (nSPS) is 15.5. The molecule has 0 radical (unpaired) electrons. The third-order valence-corrected chi connectivity index (χ3v) is 10.8. The lowest BCUT2D eigenvalue weighted by Crippen LogP contribution is -2.55. The van der Waals surface area contributed by atoms with Gasteiger partial charge in [0.2, 0.25) is 17.7 Å². The fourth-order valence-corrected chi connectivity index (χ4v) is 6.75. The van der Waals surface area contributed by atoms with E-state index in [4.69, 9.17) is 23.7 Å². The number of methoxy groups -OCH3 is 3. The van der Waals surface area contributed by atoms with Crippen LogP contribution in [-0.4, -0.2) is 123 Å². The molecule has 1 aromatic rings. The molecule has 4 N–H and O–H groups in total. The first-order valence-electron chi connectivity index (χ1n) is 22.6. The molecule has 0 aromatic heterocycles. The van der Waals surface area contributed by atoms with Crippen LogP contribution in [0, 0.1) is 23.7 Å². The molecule has 5 amide bonds. The van der Waals surface area contributed by atoms with Crippen molar-refractivity contribution in [3.8, 4) is 0 Å². The van der Waals surface area contributed by atoms with E-state index in [2.05, 4.69) is 27.8 Å². The number of ether oxygens (including phenoxy) is 5. The van der Waals surface area contributed by atoms with E-state index in [1.807, 2.05) is 50.3 Å². The molecule has 0 aliphatic rings. The van der Waals surface area contributed by atoms with Gasteiger partial charge < -0.3 is 49.9 Å². The van der Waals surface area contributed by atoms with Gasteiger partial charge in [-0.1, -0.05) is 107 Å². The van der Waals surface area contributed by atoms with Crippen molar-refractivity contribution in [1.82, 2.24) is 26.2 Å². The quantitative estimate of drug-likeness (QED) is 0.0319. The van der Waals surface area contributed by atoms with Crippen molar-refractivity contribution in [2.45, 2.75) is 124 Å². The number of alkyl carbamates (subject to hydrolysis) is 1. The third kappa shape index (κ3) is 20.3. The van der Waals surface area contributed by atoms with Crippen molar-refractivity contribution in [3.63, 3.8) is 0 Å². The number of likely N-dealkylation sites (N-methyl/N-ethyl adjacent to an activating group) is 1. The van der Waals surface area contributed by atoms with Crippen LogP contribution < -0.4 is 21.3 Å². The van der Waals surface area contributed by atoms with Crippen molar-refractivity contribution in [3.05, 3.63) is 84.1 Å². The van der Waals surface area contributed by atoms with E-state index < -0.39 is 95.2 Å². The smallest absolute Gasteiger partial charge is 0.408 e. The second-order valence-electron chi connectivity index (χ2n) is 17.7. The summed E-state index contributed by atoms with van der Waals surface area (Å²) < 4.78 is 26.2.